The maximum atomic E-state index is 12.3. The maximum absolute atomic E-state index is 12.3. The summed E-state index contributed by atoms with van der Waals surface area (Å²) in [5, 5.41) is 8.82. The Bertz CT molecular complexity index is 614. The molecule has 0 radical (unpaired) electrons. The van der Waals surface area contributed by atoms with Crippen LogP contribution in [0.1, 0.15) is 47.3 Å². The number of hydrogen-bond donors (Lipinski definition) is 2. The van der Waals surface area contributed by atoms with Crippen LogP contribution in [0, 0.1) is 12.8 Å². The van der Waals surface area contributed by atoms with Gasteiger partial charge in [0.1, 0.15) is 0 Å². The fourth-order valence-corrected chi connectivity index (χ4v) is 3.20. The number of piperidine rings is 1. The Labute approximate surface area is 141 Å². The summed E-state index contributed by atoms with van der Waals surface area (Å²) in [5.74, 6) is -0.980. The first-order chi connectivity index (χ1) is 11.4. The second-order valence-corrected chi connectivity index (χ2v) is 6.23. The second kappa shape index (κ2) is 7.99. The summed E-state index contributed by atoms with van der Waals surface area (Å²) in [6.07, 6.45) is 4.18. The molecule has 0 unspecified atom stereocenters. The number of H-pyrrole nitrogens is 1. The van der Waals surface area contributed by atoms with Gasteiger partial charge < -0.3 is 19.7 Å². The number of ether oxygens (including phenoxy) is 1. The van der Waals surface area contributed by atoms with Gasteiger partial charge in [-0.3, -0.25) is 9.59 Å². The van der Waals surface area contributed by atoms with Gasteiger partial charge in [0.05, 0.1) is 12.7 Å². The molecule has 1 aromatic rings. The molecule has 0 bridgehead atoms. The molecule has 1 aromatic heterocycles. The van der Waals surface area contributed by atoms with Gasteiger partial charge in [-0.1, -0.05) is 0 Å². The molecule has 0 saturated carbocycles. The van der Waals surface area contributed by atoms with Crippen LogP contribution < -0.4 is 0 Å². The summed E-state index contributed by atoms with van der Waals surface area (Å²) in [7, 11) is 1.34. The van der Waals surface area contributed by atoms with E-state index in [-0.39, 0.29) is 18.2 Å². The number of aromatic nitrogens is 1. The van der Waals surface area contributed by atoms with E-state index in [2.05, 4.69) is 4.98 Å². The van der Waals surface area contributed by atoms with E-state index in [0.29, 0.717) is 31.5 Å². The molecule has 1 saturated heterocycles. The van der Waals surface area contributed by atoms with Crippen LogP contribution in [0.2, 0.25) is 0 Å². The van der Waals surface area contributed by atoms with Crippen LogP contribution >= 0.6 is 0 Å². The molecule has 0 aromatic carbocycles. The van der Waals surface area contributed by atoms with Crippen LogP contribution in [-0.4, -0.2) is 53.0 Å². The molecule has 0 atom stereocenters. The van der Waals surface area contributed by atoms with Gasteiger partial charge in [-0.05, 0) is 37.7 Å². The predicted octanol–water partition coefficient (Wildman–Crippen LogP) is 1.76. The average Bonchev–Trinajstić information content (AvgIpc) is 2.92. The zero-order chi connectivity index (χ0) is 17.7. The number of aromatic amines is 1. The molecular formula is C17H24N2O5. The van der Waals surface area contributed by atoms with Gasteiger partial charge in [0, 0.05) is 37.8 Å². The molecule has 7 heteroatoms. The summed E-state index contributed by atoms with van der Waals surface area (Å²) in [5.41, 5.74) is 2.03. The molecular weight excluding hydrogens is 312 g/mol. The monoisotopic (exact) mass is 336 g/mol. The lowest BCUT2D eigenvalue weighted by Crippen LogP contribution is -2.39. The van der Waals surface area contributed by atoms with Crippen molar-refractivity contribution in [2.45, 2.75) is 39.0 Å². The van der Waals surface area contributed by atoms with Crippen LogP contribution in [0.3, 0.4) is 0 Å². The lowest BCUT2D eigenvalue weighted by atomic mass is 9.93. The largest absolute Gasteiger partial charge is 0.481 e. The smallest absolute Gasteiger partial charge is 0.339 e. The van der Waals surface area contributed by atoms with Gasteiger partial charge >= 0.3 is 11.9 Å². The number of likely N-dealkylation sites (tertiary alicyclic amines) is 1. The molecule has 24 heavy (non-hydrogen) atoms. The van der Waals surface area contributed by atoms with Crippen molar-refractivity contribution in [3.8, 4) is 0 Å². The first-order valence-electron chi connectivity index (χ1n) is 8.17. The zero-order valence-electron chi connectivity index (χ0n) is 14.1. The molecule has 2 heterocycles. The van der Waals surface area contributed by atoms with E-state index in [0.717, 1.165) is 24.1 Å². The van der Waals surface area contributed by atoms with Crippen molar-refractivity contribution in [1.82, 2.24) is 9.88 Å². The molecule has 7 nitrogen and oxygen atoms in total. The Morgan fingerprint density at radius 2 is 2.00 bits per heavy atom. The maximum Gasteiger partial charge on any atom is 0.339 e. The van der Waals surface area contributed by atoms with Crippen LogP contribution in [0.5, 0.6) is 0 Å². The summed E-state index contributed by atoms with van der Waals surface area (Å²) >= 11 is 0. The SMILES string of the molecule is COC(=O)c1c(CCC(=O)N2CCC(CC(=O)O)CC2)c[nH]c1C. The number of aliphatic carboxylic acids is 1. The van der Waals surface area contributed by atoms with Crippen LogP contribution in [0.25, 0.3) is 0 Å². The third kappa shape index (κ3) is 4.37. The number of amides is 1. The topological polar surface area (TPSA) is 99.7 Å². The van der Waals surface area contributed by atoms with Gasteiger partial charge in [0.25, 0.3) is 0 Å². The fourth-order valence-electron chi connectivity index (χ4n) is 3.20. The standard InChI is InChI=1S/C17H24N2O5/c1-11-16(17(23)24-2)13(10-18-11)3-4-14(20)19-7-5-12(6-8-19)9-15(21)22/h10,12,18H,3-9H2,1-2H3,(H,21,22). The van der Waals surface area contributed by atoms with Crippen LogP contribution in [0.15, 0.2) is 6.20 Å². The minimum atomic E-state index is -0.780. The van der Waals surface area contributed by atoms with Crippen molar-refractivity contribution >= 4 is 17.8 Å². The Kier molecular flexibility index (Phi) is 6.00. The Balaban J connectivity index is 1.86. The molecule has 2 rings (SSSR count). The van der Waals surface area contributed by atoms with E-state index in [1.165, 1.54) is 7.11 Å². The van der Waals surface area contributed by atoms with E-state index in [9.17, 15) is 14.4 Å². The highest BCUT2D eigenvalue weighted by Crippen LogP contribution is 2.22. The quantitative estimate of drug-likeness (QED) is 0.771. The van der Waals surface area contributed by atoms with Gasteiger partial charge in [0.2, 0.25) is 5.91 Å². The molecule has 1 fully saturated rings. The summed E-state index contributed by atoms with van der Waals surface area (Å²) in [6.45, 7) is 3.00. The van der Waals surface area contributed by atoms with Crippen LogP contribution in [-0.2, 0) is 20.7 Å². The van der Waals surface area contributed by atoms with Crippen molar-refractivity contribution < 1.29 is 24.2 Å². The van der Waals surface area contributed by atoms with Crippen molar-refractivity contribution in [3.63, 3.8) is 0 Å². The summed E-state index contributed by atoms with van der Waals surface area (Å²) in [4.78, 5) is 39.7. The molecule has 0 aliphatic carbocycles. The number of nitrogens with one attached hydrogen (secondary N) is 1. The second-order valence-electron chi connectivity index (χ2n) is 6.23. The van der Waals surface area contributed by atoms with Crippen molar-refractivity contribution in [2.75, 3.05) is 20.2 Å². The number of nitrogens with zero attached hydrogens (tertiary/aromatic N) is 1. The minimum Gasteiger partial charge on any atom is -0.481 e. The molecule has 1 aliphatic heterocycles. The number of carbonyl (C=O) groups is 3. The minimum absolute atomic E-state index is 0.0402. The predicted molar refractivity (Wildman–Crippen MR) is 86.7 cm³/mol. The van der Waals surface area contributed by atoms with Gasteiger partial charge in [-0.15, -0.1) is 0 Å². The molecule has 132 valence electrons. The number of methoxy groups -OCH3 is 1. The highest BCUT2D eigenvalue weighted by molar-refractivity contribution is 5.92. The molecule has 1 amide bonds. The normalized spacial score (nSPS) is 15.3. The first kappa shape index (κ1) is 18.0. The van der Waals surface area contributed by atoms with E-state index in [1.807, 2.05) is 0 Å². The number of esters is 1. The number of carboxylic acid groups (broad SMARTS) is 1. The number of rotatable bonds is 6. The van der Waals surface area contributed by atoms with E-state index >= 15 is 0 Å². The van der Waals surface area contributed by atoms with Crippen molar-refractivity contribution in [2.24, 2.45) is 5.92 Å². The fraction of sp³-hybridized carbons (Fsp3) is 0.588. The third-order valence-corrected chi connectivity index (χ3v) is 4.59. The van der Waals surface area contributed by atoms with Crippen LogP contribution in [0.4, 0.5) is 0 Å². The van der Waals surface area contributed by atoms with Crippen molar-refractivity contribution in [1.29, 1.82) is 0 Å². The summed E-state index contributed by atoms with van der Waals surface area (Å²) < 4.78 is 4.78. The Hall–Kier alpha value is -2.31. The van der Waals surface area contributed by atoms with E-state index < -0.39 is 11.9 Å². The number of aryl methyl sites for hydroxylation is 2. The Morgan fingerprint density at radius 3 is 2.58 bits per heavy atom. The highest BCUT2D eigenvalue weighted by atomic mass is 16.5. The average molecular weight is 336 g/mol. The Morgan fingerprint density at radius 1 is 1.33 bits per heavy atom. The van der Waals surface area contributed by atoms with Gasteiger partial charge in [-0.2, -0.15) is 0 Å². The molecule has 1 aliphatic rings. The first-order valence-corrected chi connectivity index (χ1v) is 8.17. The van der Waals surface area contributed by atoms with Gasteiger partial charge in [-0.25, -0.2) is 4.79 Å². The number of hydrogen-bond acceptors (Lipinski definition) is 4. The lowest BCUT2D eigenvalue weighted by Gasteiger charge is -2.31. The number of carboxylic acids is 1. The zero-order valence-corrected chi connectivity index (χ0v) is 14.1. The number of carbonyl (C=O) groups excluding carboxylic acids is 2. The van der Waals surface area contributed by atoms with Gasteiger partial charge in [0.15, 0.2) is 0 Å². The summed E-state index contributed by atoms with van der Waals surface area (Å²) in [6, 6.07) is 0. The third-order valence-electron chi connectivity index (χ3n) is 4.59. The molecule has 2 N–H and O–H groups in total. The van der Waals surface area contributed by atoms with E-state index in [1.54, 1.807) is 18.0 Å². The molecule has 0 spiro atoms. The van der Waals surface area contributed by atoms with E-state index in [4.69, 9.17) is 9.84 Å². The lowest BCUT2D eigenvalue weighted by molar-refractivity contribution is -0.138. The van der Waals surface area contributed by atoms with Crippen molar-refractivity contribution in [3.05, 3.63) is 23.0 Å². The highest BCUT2D eigenvalue weighted by Gasteiger charge is 2.25.